The molecule has 0 amide bonds. The van der Waals surface area contributed by atoms with Crippen molar-refractivity contribution < 1.29 is 13.2 Å². The molecule has 1 aliphatic heterocycles. The Balaban J connectivity index is 2.15. The van der Waals surface area contributed by atoms with Crippen LogP contribution in [0.4, 0.5) is 5.69 Å². The van der Waals surface area contributed by atoms with Gasteiger partial charge in [-0.1, -0.05) is 13.0 Å². The van der Waals surface area contributed by atoms with Crippen LogP contribution in [0.1, 0.15) is 12.5 Å². The van der Waals surface area contributed by atoms with Crippen molar-refractivity contribution in [2.45, 2.75) is 18.7 Å². The van der Waals surface area contributed by atoms with E-state index in [2.05, 4.69) is 12.2 Å². The summed E-state index contributed by atoms with van der Waals surface area (Å²) in [5.41, 5.74) is 1.55. The van der Waals surface area contributed by atoms with E-state index in [0.29, 0.717) is 5.56 Å². The number of ether oxygens (including phenoxy) is 1. The molecule has 100 valence electrons. The van der Waals surface area contributed by atoms with Crippen molar-refractivity contribution in [1.82, 2.24) is 0 Å². The molecule has 3 N–H and O–H groups in total. The summed E-state index contributed by atoms with van der Waals surface area (Å²) < 4.78 is 28.0. The first-order valence-electron chi connectivity index (χ1n) is 5.75. The molecule has 0 radical (unpaired) electrons. The molecule has 5 nitrogen and oxygen atoms in total. The molecular formula is C12H18N2O3S. The zero-order chi connectivity index (χ0) is 13.4. The van der Waals surface area contributed by atoms with Gasteiger partial charge in [-0.3, -0.25) is 0 Å². The van der Waals surface area contributed by atoms with Crippen molar-refractivity contribution in [2.75, 3.05) is 25.1 Å². The molecule has 1 aromatic carbocycles. The van der Waals surface area contributed by atoms with Crippen molar-refractivity contribution in [3.8, 4) is 0 Å². The number of nitrogens with two attached hydrogens (primary N) is 1. The van der Waals surface area contributed by atoms with Crippen molar-refractivity contribution in [3.05, 3.63) is 23.8 Å². The average Bonchev–Trinajstić information content (AvgIpc) is 2.24. The number of rotatable bonds is 4. The minimum Gasteiger partial charge on any atom is -0.384 e. The van der Waals surface area contributed by atoms with Gasteiger partial charge in [-0.15, -0.1) is 0 Å². The highest BCUT2D eigenvalue weighted by atomic mass is 32.2. The molecule has 1 heterocycles. The second-order valence-corrected chi connectivity index (χ2v) is 6.71. The van der Waals surface area contributed by atoms with Gasteiger partial charge in [-0.05, 0) is 24.6 Å². The van der Waals surface area contributed by atoms with Crippen LogP contribution in [-0.2, 0) is 14.8 Å². The maximum Gasteiger partial charge on any atom is 0.238 e. The molecule has 1 aliphatic rings. The molecule has 0 saturated carbocycles. The summed E-state index contributed by atoms with van der Waals surface area (Å²) in [6, 6.07) is 5.18. The van der Waals surface area contributed by atoms with Gasteiger partial charge in [-0.2, -0.15) is 0 Å². The van der Waals surface area contributed by atoms with Crippen LogP contribution < -0.4 is 10.5 Å². The normalized spacial score (nSPS) is 18.2. The lowest BCUT2D eigenvalue weighted by molar-refractivity contribution is -0.0924. The molecule has 1 aromatic rings. The van der Waals surface area contributed by atoms with Crippen LogP contribution in [0, 0.1) is 12.3 Å². The molecule has 1 saturated heterocycles. The van der Waals surface area contributed by atoms with E-state index < -0.39 is 10.0 Å². The highest BCUT2D eigenvalue weighted by Gasteiger charge is 2.32. The fourth-order valence-corrected chi connectivity index (χ4v) is 2.69. The molecule has 0 atom stereocenters. The van der Waals surface area contributed by atoms with E-state index >= 15 is 0 Å². The third-order valence-electron chi connectivity index (χ3n) is 3.12. The van der Waals surface area contributed by atoms with Gasteiger partial charge < -0.3 is 10.1 Å². The highest BCUT2D eigenvalue weighted by molar-refractivity contribution is 7.89. The number of hydrogen-bond donors (Lipinski definition) is 2. The molecule has 2 rings (SSSR count). The van der Waals surface area contributed by atoms with Gasteiger partial charge in [-0.25, -0.2) is 13.6 Å². The third kappa shape index (κ3) is 2.82. The molecular weight excluding hydrogens is 252 g/mol. The average molecular weight is 270 g/mol. The number of sulfonamides is 1. The first kappa shape index (κ1) is 13.3. The van der Waals surface area contributed by atoms with Crippen LogP contribution in [0.2, 0.25) is 0 Å². The van der Waals surface area contributed by atoms with E-state index in [4.69, 9.17) is 9.88 Å². The first-order chi connectivity index (χ1) is 8.30. The summed E-state index contributed by atoms with van der Waals surface area (Å²) >= 11 is 0. The van der Waals surface area contributed by atoms with E-state index in [1.807, 2.05) is 6.07 Å². The van der Waals surface area contributed by atoms with Gasteiger partial charge in [0.25, 0.3) is 0 Å². The van der Waals surface area contributed by atoms with Crippen molar-refractivity contribution in [1.29, 1.82) is 0 Å². The zero-order valence-electron chi connectivity index (χ0n) is 10.6. The minimum absolute atomic E-state index is 0.132. The topological polar surface area (TPSA) is 81.4 Å². The van der Waals surface area contributed by atoms with Gasteiger partial charge in [0.1, 0.15) is 0 Å². The SMILES string of the molecule is Cc1ccc(NCC2(C)COC2)cc1S(N)(=O)=O. The fourth-order valence-electron chi connectivity index (χ4n) is 1.88. The fraction of sp³-hybridized carbons (Fsp3) is 0.500. The number of nitrogens with one attached hydrogen (secondary N) is 1. The molecule has 0 aliphatic carbocycles. The van der Waals surface area contributed by atoms with Crippen LogP contribution in [0.15, 0.2) is 23.1 Å². The second-order valence-electron chi connectivity index (χ2n) is 5.18. The van der Waals surface area contributed by atoms with Crippen molar-refractivity contribution >= 4 is 15.7 Å². The Kier molecular flexibility index (Phi) is 3.35. The van der Waals surface area contributed by atoms with Gasteiger partial charge in [0.05, 0.1) is 18.1 Å². The number of anilines is 1. The van der Waals surface area contributed by atoms with Crippen LogP contribution in [0.3, 0.4) is 0 Å². The van der Waals surface area contributed by atoms with Crippen LogP contribution in [-0.4, -0.2) is 28.2 Å². The third-order valence-corrected chi connectivity index (χ3v) is 4.17. The zero-order valence-corrected chi connectivity index (χ0v) is 11.4. The summed E-state index contributed by atoms with van der Waals surface area (Å²) in [4.78, 5) is 0.169. The summed E-state index contributed by atoms with van der Waals surface area (Å²) in [5, 5.41) is 8.40. The van der Waals surface area contributed by atoms with E-state index in [-0.39, 0.29) is 10.3 Å². The lowest BCUT2D eigenvalue weighted by atomic mass is 9.89. The first-order valence-corrected chi connectivity index (χ1v) is 7.30. The molecule has 0 bridgehead atoms. The quantitative estimate of drug-likeness (QED) is 0.858. The number of primary sulfonamides is 1. The Morgan fingerprint density at radius 1 is 1.44 bits per heavy atom. The Bertz CT molecular complexity index is 550. The maximum absolute atomic E-state index is 11.4. The number of hydrogen-bond acceptors (Lipinski definition) is 4. The van der Waals surface area contributed by atoms with E-state index in [1.54, 1.807) is 19.1 Å². The Labute approximate surface area is 107 Å². The van der Waals surface area contributed by atoms with E-state index in [1.165, 1.54) is 0 Å². The van der Waals surface area contributed by atoms with Crippen LogP contribution in [0.25, 0.3) is 0 Å². The molecule has 18 heavy (non-hydrogen) atoms. The summed E-state index contributed by atoms with van der Waals surface area (Å²) in [7, 11) is -3.67. The van der Waals surface area contributed by atoms with Gasteiger partial charge in [0.15, 0.2) is 0 Å². The van der Waals surface area contributed by atoms with Crippen molar-refractivity contribution in [3.63, 3.8) is 0 Å². The van der Waals surface area contributed by atoms with Gasteiger partial charge in [0, 0.05) is 17.6 Å². The summed E-state index contributed by atoms with van der Waals surface area (Å²) in [5.74, 6) is 0. The smallest absolute Gasteiger partial charge is 0.238 e. The van der Waals surface area contributed by atoms with Gasteiger partial charge in [0.2, 0.25) is 10.0 Å². The predicted octanol–water partition coefficient (Wildman–Crippen LogP) is 1.09. The predicted molar refractivity (Wildman–Crippen MR) is 70.0 cm³/mol. The standard InChI is InChI=1S/C12H18N2O3S/c1-9-3-4-10(5-11(9)18(13,15)16)14-6-12(2)7-17-8-12/h3-5,14H,6-8H2,1-2H3,(H2,13,15,16). The van der Waals surface area contributed by atoms with Crippen LogP contribution in [0.5, 0.6) is 0 Å². The van der Waals surface area contributed by atoms with E-state index in [0.717, 1.165) is 25.4 Å². The molecule has 0 spiro atoms. The highest BCUT2D eigenvalue weighted by Crippen LogP contribution is 2.27. The molecule has 6 heteroatoms. The Morgan fingerprint density at radius 2 is 2.11 bits per heavy atom. The molecule has 1 fully saturated rings. The largest absolute Gasteiger partial charge is 0.384 e. The van der Waals surface area contributed by atoms with Crippen LogP contribution >= 0.6 is 0 Å². The number of aryl methyl sites for hydroxylation is 1. The Morgan fingerprint density at radius 3 is 2.61 bits per heavy atom. The summed E-state index contributed by atoms with van der Waals surface area (Å²) in [6.07, 6.45) is 0. The molecule has 0 aromatic heterocycles. The Hall–Kier alpha value is -1.11. The number of benzene rings is 1. The summed E-state index contributed by atoms with van der Waals surface area (Å²) in [6.45, 7) is 6.06. The monoisotopic (exact) mass is 270 g/mol. The van der Waals surface area contributed by atoms with Gasteiger partial charge >= 0.3 is 0 Å². The second kappa shape index (κ2) is 4.53. The maximum atomic E-state index is 11.4. The molecule has 0 unspecified atom stereocenters. The lowest BCUT2D eigenvalue weighted by Gasteiger charge is -2.38. The lowest BCUT2D eigenvalue weighted by Crippen LogP contribution is -2.45. The minimum atomic E-state index is -3.67. The van der Waals surface area contributed by atoms with E-state index in [9.17, 15) is 8.42 Å². The van der Waals surface area contributed by atoms with Crippen molar-refractivity contribution in [2.24, 2.45) is 10.6 Å².